The number of halogens is 1. The van der Waals surface area contributed by atoms with Crippen LogP contribution in [0.5, 0.6) is 0 Å². The van der Waals surface area contributed by atoms with Crippen molar-refractivity contribution in [3.05, 3.63) is 59.9 Å². The molecule has 0 bridgehead atoms. The van der Waals surface area contributed by atoms with Crippen molar-refractivity contribution < 1.29 is 14.0 Å². The minimum absolute atomic E-state index is 0.122. The lowest BCUT2D eigenvalue weighted by molar-refractivity contribution is -0.122. The highest BCUT2D eigenvalue weighted by Crippen LogP contribution is 2.26. The molecule has 1 saturated heterocycles. The summed E-state index contributed by atoms with van der Waals surface area (Å²) in [5.74, 6) is -1.05. The van der Waals surface area contributed by atoms with Crippen LogP contribution >= 0.6 is 0 Å². The van der Waals surface area contributed by atoms with Crippen LogP contribution in [-0.4, -0.2) is 18.4 Å². The normalized spacial score (nSPS) is 17.2. The second-order valence-corrected chi connectivity index (χ2v) is 5.92. The Kier molecular flexibility index (Phi) is 4.60. The van der Waals surface area contributed by atoms with Gasteiger partial charge in [-0.05, 0) is 48.4 Å². The Hall–Kier alpha value is -2.69. The Labute approximate surface area is 140 Å². The molecule has 1 fully saturated rings. The lowest BCUT2D eigenvalue weighted by atomic mass is 10.1. The minimum atomic E-state index is -0.409. The SMILES string of the molecule is CCc1ccc(NC(=O)C2CC(=O)N(c3ccc(F)cc3)C2)cc1. The van der Waals surface area contributed by atoms with Gasteiger partial charge in [-0.15, -0.1) is 0 Å². The van der Waals surface area contributed by atoms with E-state index < -0.39 is 5.92 Å². The van der Waals surface area contributed by atoms with Gasteiger partial charge in [0.2, 0.25) is 11.8 Å². The maximum atomic E-state index is 13.0. The van der Waals surface area contributed by atoms with E-state index in [1.807, 2.05) is 24.3 Å². The average molecular weight is 326 g/mol. The fourth-order valence-electron chi connectivity index (χ4n) is 2.82. The highest BCUT2D eigenvalue weighted by atomic mass is 19.1. The first-order valence-electron chi connectivity index (χ1n) is 8.02. The van der Waals surface area contributed by atoms with Crippen molar-refractivity contribution in [1.29, 1.82) is 0 Å². The number of nitrogens with one attached hydrogen (secondary N) is 1. The molecule has 0 aliphatic carbocycles. The first-order valence-corrected chi connectivity index (χ1v) is 8.02. The molecule has 24 heavy (non-hydrogen) atoms. The summed E-state index contributed by atoms with van der Waals surface area (Å²) < 4.78 is 13.0. The minimum Gasteiger partial charge on any atom is -0.326 e. The van der Waals surface area contributed by atoms with Crippen LogP contribution in [0.3, 0.4) is 0 Å². The molecule has 1 N–H and O–H groups in total. The summed E-state index contributed by atoms with van der Waals surface area (Å²) in [6, 6.07) is 13.4. The smallest absolute Gasteiger partial charge is 0.229 e. The van der Waals surface area contributed by atoms with Crippen LogP contribution in [-0.2, 0) is 16.0 Å². The largest absolute Gasteiger partial charge is 0.326 e. The number of hydrogen-bond donors (Lipinski definition) is 1. The number of carbonyl (C=O) groups is 2. The quantitative estimate of drug-likeness (QED) is 0.936. The summed E-state index contributed by atoms with van der Waals surface area (Å²) >= 11 is 0. The Morgan fingerprint density at radius 2 is 1.83 bits per heavy atom. The zero-order valence-corrected chi connectivity index (χ0v) is 13.5. The predicted molar refractivity (Wildman–Crippen MR) is 91.3 cm³/mol. The average Bonchev–Trinajstić information content (AvgIpc) is 2.98. The molecule has 5 heteroatoms. The van der Waals surface area contributed by atoms with Crippen LogP contribution in [0.4, 0.5) is 15.8 Å². The van der Waals surface area contributed by atoms with Crippen LogP contribution in [0, 0.1) is 11.7 Å². The number of nitrogens with zero attached hydrogens (tertiary/aromatic N) is 1. The summed E-state index contributed by atoms with van der Waals surface area (Å²) in [5, 5.41) is 2.86. The lowest BCUT2D eigenvalue weighted by Crippen LogP contribution is -2.28. The van der Waals surface area contributed by atoms with Crippen LogP contribution < -0.4 is 10.2 Å². The van der Waals surface area contributed by atoms with Crippen molar-refractivity contribution in [2.75, 3.05) is 16.8 Å². The van der Waals surface area contributed by atoms with Crippen molar-refractivity contribution >= 4 is 23.2 Å². The fraction of sp³-hybridized carbons (Fsp3) is 0.263. The second kappa shape index (κ2) is 6.83. The van der Waals surface area contributed by atoms with Gasteiger partial charge in [0.05, 0.1) is 5.92 Å². The number of carbonyl (C=O) groups excluding carboxylic acids is 2. The molecule has 2 aromatic carbocycles. The van der Waals surface area contributed by atoms with E-state index in [0.717, 1.165) is 12.1 Å². The van der Waals surface area contributed by atoms with Crippen molar-refractivity contribution in [3.63, 3.8) is 0 Å². The third kappa shape index (κ3) is 3.45. The Bertz CT molecular complexity index is 741. The highest BCUT2D eigenvalue weighted by molar-refractivity contribution is 6.03. The molecular formula is C19H19FN2O2. The Balaban J connectivity index is 1.66. The molecular weight excluding hydrogens is 307 g/mol. The highest BCUT2D eigenvalue weighted by Gasteiger charge is 2.35. The third-order valence-electron chi connectivity index (χ3n) is 4.26. The number of amides is 2. The predicted octanol–water partition coefficient (Wildman–Crippen LogP) is 3.38. The number of anilines is 2. The van der Waals surface area contributed by atoms with Crippen molar-refractivity contribution in [2.24, 2.45) is 5.92 Å². The molecule has 4 nitrogen and oxygen atoms in total. The van der Waals surface area contributed by atoms with E-state index in [1.54, 1.807) is 12.1 Å². The van der Waals surface area contributed by atoms with Gasteiger partial charge < -0.3 is 10.2 Å². The van der Waals surface area contributed by atoms with E-state index in [4.69, 9.17) is 0 Å². The van der Waals surface area contributed by atoms with Gasteiger partial charge in [-0.2, -0.15) is 0 Å². The fourth-order valence-corrected chi connectivity index (χ4v) is 2.82. The molecule has 0 spiro atoms. The van der Waals surface area contributed by atoms with Gasteiger partial charge in [0.25, 0.3) is 0 Å². The standard InChI is InChI=1S/C19H19FN2O2/c1-2-13-3-7-16(8-4-13)21-19(24)14-11-18(23)22(12-14)17-9-5-15(20)6-10-17/h3-10,14H,2,11-12H2,1H3,(H,21,24). The van der Waals surface area contributed by atoms with Gasteiger partial charge in [-0.1, -0.05) is 19.1 Å². The van der Waals surface area contributed by atoms with Crippen molar-refractivity contribution in [1.82, 2.24) is 0 Å². The summed E-state index contributed by atoms with van der Waals surface area (Å²) in [5.41, 5.74) is 2.54. The number of hydrogen-bond acceptors (Lipinski definition) is 2. The van der Waals surface area contributed by atoms with E-state index in [9.17, 15) is 14.0 Å². The molecule has 0 aromatic heterocycles. The molecule has 0 radical (unpaired) electrons. The summed E-state index contributed by atoms with van der Waals surface area (Å²) in [7, 11) is 0. The monoisotopic (exact) mass is 326 g/mol. The summed E-state index contributed by atoms with van der Waals surface area (Å²) in [4.78, 5) is 26.1. The molecule has 0 saturated carbocycles. The molecule has 1 unspecified atom stereocenters. The van der Waals surface area contributed by atoms with E-state index in [0.29, 0.717) is 12.2 Å². The van der Waals surface area contributed by atoms with Crippen LogP contribution in [0.25, 0.3) is 0 Å². The second-order valence-electron chi connectivity index (χ2n) is 5.92. The molecule has 1 atom stereocenters. The third-order valence-corrected chi connectivity index (χ3v) is 4.26. The van der Waals surface area contributed by atoms with Crippen LogP contribution in [0.15, 0.2) is 48.5 Å². The van der Waals surface area contributed by atoms with Gasteiger partial charge in [0, 0.05) is 24.3 Å². The van der Waals surface area contributed by atoms with E-state index >= 15 is 0 Å². The van der Waals surface area contributed by atoms with Gasteiger partial charge >= 0.3 is 0 Å². The number of rotatable bonds is 4. The summed E-state index contributed by atoms with van der Waals surface area (Å²) in [6.45, 7) is 2.38. The summed E-state index contributed by atoms with van der Waals surface area (Å²) in [6.07, 6.45) is 1.11. The van der Waals surface area contributed by atoms with Gasteiger partial charge in [-0.3, -0.25) is 9.59 Å². The van der Waals surface area contributed by atoms with E-state index in [-0.39, 0.29) is 24.1 Å². The topological polar surface area (TPSA) is 49.4 Å². The zero-order valence-electron chi connectivity index (χ0n) is 13.5. The molecule has 3 rings (SSSR count). The van der Waals surface area contributed by atoms with Gasteiger partial charge in [0.15, 0.2) is 0 Å². The molecule has 124 valence electrons. The zero-order chi connectivity index (χ0) is 17.1. The van der Waals surface area contributed by atoms with Gasteiger partial charge in [-0.25, -0.2) is 4.39 Å². The maximum Gasteiger partial charge on any atom is 0.229 e. The Morgan fingerprint density at radius 1 is 1.17 bits per heavy atom. The first-order chi connectivity index (χ1) is 11.6. The molecule has 2 amide bonds. The van der Waals surface area contributed by atoms with Crippen LogP contribution in [0.2, 0.25) is 0 Å². The number of aryl methyl sites for hydroxylation is 1. The molecule has 1 aliphatic heterocycles. The number of benzene rings is 2. The van der Waals surface area contributed by atoms with Crippen LogP contribution in [0.1, 0.15) is 18.9 Å². The molecule has 1 aliphatic rings. The lowest BCUT2D eigenvalue weighted by Gasteiger charge is -2.16. The molecule has 1 heterocycles. The van der Waals surface area contributed by atoms with E-state index in [2.05, 4.69) is 12.2 Å². The van der Waals surface area contributed by atoms with Crippen molar-refractivity contribution in [3.8, 4) is 0 Å². The van der Waals surface area contributed by atoms with E-state index in [1.165, 1.54) is 22.6 Å². The van der Waals surface area contributed by atoms with Crippen molar-refractivity contribution in [2.45, 2.75) is 19.8 Å². The maximum absolute atomic E-state index is 13.0. The first kappa shape index (κ1) is 16.2. The Morgan fingerprint density at radius 3 is 2.46 bits per heavy atom. The van der Waals surface area contributed by atoms with Gasteiger partial charge in [0.1, 0.15) is 5.82 Å². The molecule has 2 aromatic rings.